The molecule has 2 aromatic carbocycles. The lowest BCUT2D eigenvalue weighted by molar-refractivity contribution is -0.274. The Morgan fingerprint density at radius 3 is 2.59 bits per heavy atom. The van der Waals surface area contributed by atoms with Gasteiger partial charge in [0.1, 0.15) is 29.3 Å². The second-order valence-electron chi connectivity index (χ2n) is 5.39. The van der Waals surface area contributed by atoms with Gasteiger partial charge in [-0.15, -0.1) is 13.2 Å². The van der Waals surface area contributed by atoms with E-state index in [9.17, 15) is 27.9 Å². The first-order valence-corrected chi connectivity index (χ1v) is 7.50. The van der Waals surface area contributed by atoms with E-state index in [1.165, 1.54) is 30.3 Å². The lowest BCUT2D eigenvalue weighted by Crippen LogP contribution is -2.19. The Morgan fingerprint density at radius 2 is 1.85 bits per heavy atom. The number of aromatic hydroxyl groups is 1. The highest BCUT2D eigenvalue weighted by molar-refractivity contribution is 5.92. The molecule has 140 valence electrons. The van der Waals surface area contributed by atoms with E-state index in [2.05, 4.69) is 4.74 Å². The first-order valence-electron chi connectivity index (χ1n) is 7.50. The van der Waals surface area contributed by atoms with E-state index < -0.39 is 35.9 Å². The van der Waals surface area contributed by atoms with Crippen LogP contribution >= 0.6 is 0 Å². The lowest BCUT2D eigenvalue weighted by atomic mass is 10.1. The monoisotopic (exact) mass is 380 g/mol. The summed E-state index contributed by atoms with van der Waals surface area (Å²) < 4.78 is 51.1. The number of phenols is 1. The quantitative estimate of drug-likeness (QED) is 0.548. The largest absolute Gasteiger partial charge is 0.573 e. The molecular formula is C18H11F3O6. The zero-order valence-corrected chi connectivity index (χ0v) is 13.4. The summed E-state index contributed by atoms with van der Waals surface area (Å²) in [6.07, 6.45) is -4.97. The number of halogens is 3. The number of carbonyl (C=O) groups is 1. The molecule has 27 heavy (non-hydrogen) atoms. The molecule has 3 aromatic rings. The number of para-hydroxylation sites is 1. The Balaban J connectivity index is 1.85. The van der Waals surface area contributed by atoms with Gasteiger partial charge in [-0.3, -0.25) is 0 Å². The summed E-state index contributed by atoms with van der Waals surface area (Å²) in [6.45, 7) is -0.397. The molecule has 0 fully saturated rings. The predicted octanol–water partition coefficient (Wildman–Crippen LogP) is 3.75. The summed E-state index contributed by atoms with van der Waals surface area (Å²) in [5, 5.41) is 9.85. The maximum atomic E-state index is 12.4. The highest BCUT2D eigenvalue weighted by Crippen LogP contribution is 2.27. The number of rotatable bonds is 4. The highest BCUT2D eigenvalue weighted by atomic mass is 19.4. The predicted molar refractivity (Wildman–Crippen MR) is 86.4 cm³/mol. The average Bonchev–Trinajstić information content (AvgIpc) is 2.58. The summed E-state index contributed by atoms with van der Waals surface area (Å²) in [7, 11) is 0. The minimum absolute atomic E-state index is 0.0781. The van der Waals surface area contributed by atoms with E-state index in [0.717, 1.165) is 18.2 Å². The number of hydrogen-bond acceptors (Lipinski definition) is 6. The summed E-state index contributed by atoms with van der Waals surface area (Å²) >= 11 is 0. The van der Waals surface area contributed by atoms with Crippen molar-refractivity contribution in [1.29, 1.82) is 0 Å². The summed E-state index contributed by atoms with van der Waals surface area (Å²) in [5.74, 6) is -1.88. The van der Waals surface area contributed by atoms with Crippen LogP contribution in [0.2, 0.25) is 0 Å². The number of carbonyl (C=O) groups excluding carboxylic acids is 1. The number of phenolic OH excluding ortho intramolecular Hbond substituents is 1. The molecule has 0 saturated heterocycles. The van der Waals surface area contributed by atoms with Crippen LogP contribution in [-0.4, -0.2) is 17.4 Å². The van der Waals surface area contributed by atoms with Gasteiger partial charge in [0.15, 0.2) is 0 Å². The molecule has 0 aliphatic carbocycles. The lowest BCUT2D eigenvalue weighted by Gasteiger charge is -2.13. The number of esters is 1. The average molecular weight is 380 g/mol. The van der Waals surface area contributed by atoms with Crippen molar-refractivity contribution >= 4 is 16.9 Å². The molecule has 0 saturated carbocycles. The molecule has 0 spiro atoms. The van der Waals surface area contributed by atoms with Gasteiger partial charge in [-0.05, 0) is 24.3 Å². The molecule has 1 aromatic heterocycles. The van der Waals surface area contributed by atoms with Crippen LogP contribution in [0.15, 0.2) is 57.7 Å². The van der Waals surface area contributed by atoms with E-state index in [-0.39, 0.29) is 16.9 Å². The Bertz CT molecular complexity index is 1050. The first kappa shape index (κ1) is 18.3. The molecule has 0 unspecified atom stereocenters. The second kappa shape index (κ2) is 7.02. The van der Waals surface area contributed by atoms with Crippen LogP contribution in [0.25, 0.3) is 11.0 Å². The Kier molecular flexibility index (Phi) is 4.76. The van der Waals surface area contributed by atoms with Crippen LogP contribution in [0, 0.1) is 0 Å². The van der Waals surface area contributed by atoms with Crippen molar-refractivity contribution in [3.8, 4) is 11.5 Å². The zero-order valence-electron chi connectivity index (χ0n) is 13.4. The molecule has 6 nitrogen and oxygen atoms in total. The van der Waals surface area contributed by atoms with E-state index in [1.807, 2.05) is 0 Å². The van der Waals surface area contributed by atoms with Crippen molar-refractivity contribution in [1.82, 2.24) is 0 Å². The third-order valence-electron chi connectivity index (χ3n) is 3.51. The molecule has 0 atom stereocenters. The number of fused-ring (bicyclic) bond motifs is 1. The van der Waals surface area contributed by atoms with Crippen molar-refractivity contribution in [2.24, 2.45) is 0 Å². The highest BCUT2D eigenvalue weighted by Gasteiger charge is 2.33. The minimum atomic E-state index is -4.97. The van der Waals surface area contributed by atoms with E-state index in [0.29, 0.717) is 5.39 Å². The maximum Gasteiger partial charge on any atom is 0.573 e. The van der Waals surface area contributed by atoms with Crippen molar-refractivity contribution < 1.29 is 37.0 Å². The first-order chi connectivity index (χ1) is 12.7. The summed E-state index contributed by atoms with van der Waals surface area (Å²) in [4.78, 5) is 23.8. The fourth-order valence-corrected chi connectivity index (χ4v) is 2.41. The fourth-order valence-electron chi connectivity index (χ4n) is 2.41. The van der Waals surface area contributed by atoms with E-state index >= 15 is 0 Å². The van der Waals surface area contributed by atoms with Gasteiger partial charge in [-0.1, -0.05) is 12.1 Å². The van der Waals surface area contributed by atoms with Gasteiger partial charge in [-0.2, -0.15) is 0 Å². The van der Waals surface area contributed by atoms with Gasteiger partial charge in [0.05, 0.1) is 0 Å². The zero-order chi connectivity index (χ0) is 19.6. The Hall–Kier alpha value is -3.49. The van der Waals surface area contributed by atoms with Gasteiger partial charge < -0.3 is 19.0 Å². The van der Waals surface area contributed by atoms with Crippen LogP contribution in [0.1, 0.15) is 15.9 Å². The minimum Gasteiger partial charge on any atom is -0.508 e. The smallest absolute Gasteiger partial charge is 0.508 e. The van der Waals surface area contributed by atoms with Gasteiger partial charge >= 0.3 is 18.0 Å². The molecule has 0 amide bonds. The van der Waals surface area contributed by atoms with Crippen molar-refractivity contribution in [2.75, 3.05) is 0 Å². The molecule has 0 bridgehead atoms. The second-order valence-corrected chi connectivity index (χ2v) is 5.39. The number of alkyl halides is 3. The van der Waals surface area contributed by atoms with Gasteiger partial charge in [0.2, 0.25) is 0 Å². The Labute approximate surface area is 149 Å². The van der Waals surface area contributed by atoms with Crippen LogP contribution in [0.3, 0.4) is 0 Å². The number of benzene rings is 2. The molecule has 0 aliphatic heterocycles. The van der Waals surface area contributed by atoms with Crippen LogP contribution < -0.4 is 10.4 Å². The van der Waals surface area contributed by atoms with Gasteiger partial charge in [0.25, 0.3) is 0 Å². The van der Waals surface area contributed by atoms with Crippen molar-refractivity contribution in [3.05, 3.63) is 70.1 Å². The SMILES string of the molecule is O=C(OCc1cc(=O)oc2cc(O)ccc12)c1ccccc1OC(F)(F)F. The van der Waals surface area contributed by atoms with Crippen molar-refractivity contribution in [2.45, 2.75) is 13.0 Å². The summed E-state index contributed by atoms with van der Waals surface area (Å²) in [6, 6.07) is 9.85. The maximum absolute atomic E-state index is 12.4. The number of ether oxygens (including phenoxy) is 2. The van der Waals surface area contributed by atoms with Crippen LogP contribution in [-0.2, 0) is 11.3 Å². The van der Waals surface area contributed by atoms with Gasteiger partial charge in [0, 0.05) is 23.1 Å². The Morgan fingerprint density at radius 1 is 1.11 bits per heavy atom. The van der Waals surface area contributed by atoms with E-state index in [1.54, 1.807) is 0 Å². The molecule has 1 N–H and O–H groups in total. The molecule has 0 radical (unpaired) electrons. The normalized spacial score (nSPS) is 11.4. The van der Waals surface area contributed by atoms with E-state index in [4.69, 9.17) is 9.15 Å². The molecular weight excluding hydrogens is 369 g/mol. The number of hydrogen-bond donors (Lipinski definition) is 1. The third kappa shape index (κ3) is 4.38. The topological polar surface area (TPSA) is 86.0 Å². The molecule has 3 rings (SSSR count). The van der Waals surface area contributed by atoms with Gasteiger partial charge in [-0.25, -0.2) is 9.59 Å². The van der Waals surface area contributed by atoms with Crippen LogP contribution in [0.5, 0.6) is 11.5 Å². The van der Waals surface area contributed by atoms with Crippen molar-refractivity contribution in [3.63, 3.8) is 0 Å². The standard InChI is InChI=1S/C18H11F3O6/c19-18(20,21)27-14-4-2-1-3-13(14)17(24)25-9-10-7-16(23)26-15-8-11(22)5-6-12(10)15/h1-8,22H,9H2. The summed E-state index contributed by atoms with van der Waals surface area (Å²) in [5.41, 5.74) is -0.808. The third-order valence-corrected chi connectivity index (χ3v) is 3.51. The molecule has 1 heterocycles. The molecule has 0 aliphatic rings. The fraction of sp³-hybridized carbons (Fsp3) is 0.111. The van der Waals surface area contributed by atoms with Crippen LogP contribution in [0.4, 0.5) is 13.2 Å². The molecule has 9 heteroatoms.